The number of para-hydroxylation sites is 1. The SMILES string of the molecule is CN1CCCC(NC(=O)c2cccc(-n3cc(Nc4nnnn4-c4ccccc4Cl)cn3)c2)C1. The predicted octanol–water partition coefficient (Wildman–Crippen LogP) is 3.07. The number of anilines is 2. The van der Waals surface area contributed by atoms with Crippen LogP contribution in [-0.2, 0) is 0 Å². The number of carbonyl (C=O) groups excluding carboxylic acids is 1. The number of hydrogen-bond acceptors (Lipinski definition) is 7. The summed E-state index contributed by atoms with van der Waals surface area (Å²) in [5.41, 5.74) is 2.71. The summed E-state index contributed by atoms with van der Waals surface area (Å²) in [6, 6.07) is 14.9. The lowest BCUT2D eigenvalue weighted by Crippen LogP contribution is -2.46. The molecule has 2 aromatic heterocycles. The van der Waals surface area contributed by atoms with Gasteiger partial charge in [0.15, 0.2) is 0 Å². The minimum atomic E-state index is -0.0772. The maximum Gasteiger partial charge on any atom is 0.252 e. The second-order valence-corrected chi connectivity index (χ2v) is 8.70. The van der Waals surface area contributed by atoms with E-state index in [1.54, 1.807) is 23.1 Å². The number of amides is 1. The lowest BCUT2D eigenvalue weighted by Gasteiger charge is -2.30. The standard InChI is InChI=1S/C23H24ClN9O/c1-31-11-5-7-17(14-31)26-22(34)16-6-4-8-19(12-16)32-15-18(13-25-32)27-23-28-29-30-33(23)21-10-3-2-9-20(21)24/h2-4,6,8-10,12-13,15,17H,5,7,11,14H2,1H3,(H,26,34)(H,27,28,30). The van der Waals surface area contributed by atoms with E-state index in [1.165, 1.54) is 4.68 Å². The molecule has 5 rings (SSSR count). The van der Waals surface area contributed by atoms with E-state index < -0.39 is 0 Å². The minimum Gasteiger partial charge on any atom is -0.348 e. The van der Waals surface area contributed by atoms with Gasteiger partial charge in [0, 0.05) is 18.2 Å². The maximum atomic E-state index is 12.8. The van der Waals surface area contributed by atoms with E-state index in [2.05, 4.69) is 43.2 Å². The van der Waals surface area contributed by atoms with Gasteiger partial charge in [0.25, 0.3) is 11.9 Å². The highest BCUT2D eigenvalue weighted by atomic mass is 35.5. The third kappa shape index (κ3) is 4.78. The molecule has 2 N–H and O–H groups in total. The zero-order valence-electron chi connectivity index (χ0n) is 18.6. The van der Waals surface area contributed by atoms with Crippen LogP contribution in [0.4, 0.5) is 11.6 Å². The number of piperidine rings is 1. The molecule has 2 aromatic carbocycles. The molecular weight excluding hydrogens is 454 g/mol. The third-order valence-corrected chi connectivity index (χ3v) is 6.04. The first-order valence-corrected chi connectivity index (χ1v) is 11.4. The number of nitrogens with zero attached hydrogens (tertiary/aromatic N) is 7. The second kappa shape index (κ2) is 9.62. The van der Waals surface area contributed by atoms with Crippen molar-refractivity contribution in [2.45, 2.75) is 18.9 Å². The number of nitrogens with one attached hydrogen (secondary N) is 2. The molecule has 0 saturated carbocycles. The molecule has 1 fully saturated rings. The van der Waals surface area contributed by atoms with Gasteiger partial charge in [0.05, 0.1) is 34.5 Å². The van der Waals surface area contributed by atoms with E-state index in [0.717, 1.165) is 31.6 Å². The molecule has 0 bridgehead atoms. The van der Waals surface area contributed by atoms with Crippen LogP contribution in [0.25, 0.3) is 11.4 Å². The molecule has 1 atom stereocenters. The van der Waals surface area contributed by atoms with Gasteiger partial charge in [-0.25, -0.2) is 4.68 Å². The van der Waals surface area contributed by atoms with Crippen LogP contribution in [0.1, 0.15) is 23.2 Å². The van der Waals surface area contributed by atoms with E-state index in [9.17, 15) is 4.79 Å². The number of benzene rings is 2. The summed E-state index contributed by atoms with van der Waals surface area (Å²) in [6.45, 7) is 1.94. The van der Waals surface area contributed by atoms with Crippen LogP contribution in [-0.4, -0.2) is 67.0 Å². The van der Waals surface area contributed by atoms with Crippen molar-refractivity contribution in [2.24, 2.45) is 0 Å². The zero-order chi connectivity index (χ0) is 23.5. The monoisotopic (exact) mass is 477 g/mol. The van der Waals surface area contributed by atoms with Crippen molar-refractivity contribution in [3.63, 3.8) is 0 Å². The Bertz CT molecular complexity index is 1300. The molecule has 3 heterocycles. The number of likely N-dealkylation sites (tertiary alicyclic amines) is 1. The molecule has 4 aromatic rings. The van der Waals surface area contributed by atoms with Gasteiger partial charge in [-0.2, -0.15) is 9.78 Å². The Morgan fingerprint density at radius 3 is 2.91 bits per heavy atom. The highest BCUT2D eigenvalue weighted by Crippen LogP contribution is 2.23. The molecule has 0 radical (unpaired) electrons. The molecule has 10 nitrogen and oxygen atoms in total. The lowest BCUT2D eigenvalue weighted by molar-refractivity contribution is 0.0912. The van der Waals surface area contributed by atoms with Gasteiger partial charge in [-0.3, -0.25) is 4.79 Å². The minimum absolute atomic E-state index is 0.0772. The van der Waals surface area contributed by atoms with Crippen molar-refractivity contribution in [1.82, 2.24) is 40.2 Å². The van der Waals surface area contributed by atoms with Crippen molar-refractivity contribution < 1.29 is 4.79 Å². The van der Waals surface area contributed by atoms with Gasteiger partial charge < -0.3 is 15.5 Å². The molecule has 1 saturated heterocycles. The Labute approximate surface area is 201 Å². The van der Waals surface area contributed by atoms with Crippen molar-refractivity contribution in [2.75, 3.05) is 25.5 Å². The average molecular weight is 478 g/mol. The molecule has 0 aliphatic carbocycles. The molecular formula is C23H24ClN9O. The van der Waals surface area contributed by atoms with E-state index >= 15 is 0 Å². The van der Waals surface area contributed by atoms with Gasteiger partial charge >= 0.3 is 0 Å². The number of carbonyl (C=O) groups is 1. The van der Waals surface area contributed by atoms with Crippen LogP contribution < -0.4 is 10.6 Å². The Morgan fingerprint density at radius 1 is 1.18 bits per heavy atom. The van der Waals surface area contributed by atoms with E-state index in [-0.39, 0.29) is 11.9 Å². The van der Waals surface area contributed by atoms with Crippen molar-refractivity contribution in [1.29, 1.82) is 0 Å². The summed E-state index contributed by atoms with van der Waals surface area (Å²) >= 11 is 6.29. The Balaban J connectivity index is 1.31. The molecule has 1 aliphatic heterocycles. The number of halogens is 1. The van der Waals surface area contributed by atoms with Crippen molar-refractivity contribution in [3.05, 3.63) is 71.5 Å². The zero-order valence-corrected chi connectivity index (χ0v) is 19.4. The smallest absolute Gasteiger partial charge is 0.252 e. The first-order chi connectivity index (χ1) is 16.6. The topological polar surface area (TPSA) is 106 Å². The summed E-state index contributed by atoms with van der Waals surface area (Å²) in [6.07, 6.45) is 5.55. The molecule has 1 unspecified atom stereocenters. The van der Waals surface area contributed by atoms with Crippen LogP contribution in [0.3, 0.4) is 0 Å². The Hall–Kier alpha value is -3.76. The van der Waals surface area contributed by atoms with Crippen LogP contribution >= 0.6 is 11.6 Å². The van der Waals surface area contributed by atoms with E-state index in [1.807, 2.05) is 42.5 Å². The molecule has 174 valence electrons. The second-order valence-electron chi connectivity index (χ2n) is 8.29. The molecule has 1 aliphatic rings. The fourth-order valence-corrected chi connectivity index (χ4v) is 4.27. The number of likely N-dealkylation sites (N-methyl/N-ethyl adjacent to an activating group) is 1. The van der Waals surface area contributed by atoms with Gasteiger partial charge in [0.1, 0.15) is 0 Å². The quantitative estimate of drug-likeness (QED) is 0.439. The Kier molecular flexibility index (Phi) is 6.24. The normalized spacial score (nSPS) is 16.4. The summed E-state index contributed by atoms with van der Waals surface area (Å²) in [7, 11) is 2.08. The maximum absolute atomic E-state index is 12.8. The first-order valence-electron chi connectivity index (χ1n) is 11.0. The predicted molar refractivity (Wildman–Crippen MR) is 129 cm³/mol. The number of tetrazole rings is 1. The summed E-state index contributed by atoms with van der Waals surface area (Å²) in [5, 5.41) is 23.1. The third-order valence-electron chi connectivity index (χ3n) is 5.72. The summed E-state index contributed by atoms with van der Waals surface area (Å²) in [5.74, 6) is 0.324. The van der Waals surface area contributed by atoms with Gasteiger partial charge in [-0.1, -0.05) is 34.9 Å². The fourth-order valence-electron chi connectivity index (χ4n) is 4.05. The van der Waals surface area contributed by atoms with E-state index in [4.69, 9.17) is 11.6 Å². The van der Waals surface area contributed by atoms with Crippen molar-refractivity contribution >= 4 is 29.1 Å². The largest absolute Gasteiger partial charge is 0.348 e. The lowest BCUT2D eigenvalue weighted by atomic mass is 10.1. The van der Waals surface area contributed by atoms with Gasteiger partial charge in [-0.05, 0) is 67.2 Å². The highest BCUT2D eigenvalue weighted by molar-refractivity contribution is 6.32. The Morgan fingerprint density at radius 2 is 2.06 bits per heavy atom. The summed E-state index contributed by atoms with van der Waals surface area (Å²) < 4.78 is 3.21. The fraction of sp³-hybridized carbons (Fsp3) is 0.261. The highest BCUT2D eigenvalue weighted by Gasteiger charge is 2.20. The molecule has 11 heteroatoms. The van der Waals surface area contributed by atoms with Crippen LogP contribution in [0, 0.1) is 0 Å². The van der Waals surface area contributed by atoms with E-state index in [0.29, 0.717) is 27.9 Å². The number of aromatic nitrogens is 6. The summed E-state index contributed by atoms with van der Waals surface area (Å²) in [4.78, 5) is 15.1. The van der Waals surface area contributed by atoms with Crippen molar-refractivity contribution in [3.8, 4) is 11.4 Å². The first kappa shape index (κ1) is 22.1. The van der Waals surface area contributed by atoms with Gasteiger partial charge in [0.2, 0.25) is 0 Å². The van der Waals surface area contributed by atoms with Crippen LogP contribution in [0.2, 0.25) is 5.02 Å². The van der Waals surface area contributed by atoms with Crippen LogP contribution in [0.15, 0.2) is 60.9 Å². The number of rotatable bonds is 6. The average Bonchev–Trinajstić information content (AvgIpc) is 3.50. The molecule has 0 spiro atoms. The molecule has 1 amide bonds. The molecule has 34 heavy (non-hydrogen) atoms. The number of hydrogen-bond donors (Lipinski definition) is 2. The van der Waals surface area contributed by atoms with Crippen LogP contribution in [0.5, 0.6) is 0 Å². The van der Waals surface area contributed by atoms with Gasteiger partial charge in [-0.15, -0.1) is 0 Å².